The molecule has 1 aromatic heterocycles. The van der Waals surface area contributed by atoms with Crippen molar-refractivity contribution < 1.29 is 5.11 Å². The molecule has 0 aliphatic carbocycles. The van der Waals surface area contributed by atoms with E-state index in [4.69, 9.17) is 0 Å². The maximum Gasteiger partial charge on any atom is 0.116 e. The lowest BCUT2D eigenvalue weighted by atomic mass is 9.97. The zero-order chi connectivity index (χ0) is 16.4. The Bertz CT molecular complexity index is 813. The van der Waals surface area contributed by atoms with Crippen molar-refractivity contribution in [1.82, 2.24) is 14.5 Å². The molecule has 1 atom stereocenters. The molecule has 0 amide bonds. The summed E-state index contributed by atoms with van der Waals surface area (Å²) in [7, 11) is 0. The molecule has 2 heterocycles. The van der Waals surface area contributed by atoms with Crippen LogP contribution in [0.4, 0.5) is 0 Å². The summed E-state index contributed by atoms with van der Waals surface area (Å²) in [5.74, 6) is 1.03. The third kappa shape index (κ3) is 3.44. The largest absolute Gasteiger partial charge is 0.508 e. The van der Waals surface area contributed by atoms with E-state index in [2.05, 4.69) is 38.8 Å². The van der Waals surface area contributed by atoms with Gasteiger partial charge < -0.3 is 9.67 Å². The van der Waals surface area contributed by atoms with Crippen LogP contribution in [0.3, 0.4) is 0 Å². The Labute approximate surface area is 142 Å². The molecule has 0 unspecified atom stereocenters. The number of phenolic OH excluding ortho intramolecular Hbond substituents is 1. The monoisotopic (exact) mass is 321 g/mol. The molecule has 0 spiro atoms. The van der Waals surface area contributed by atoms with Crippen molar-refractivity contribution in [3.8, 4) is 5.75 Å². The van der Waals surface area contributed by atoms with Crippen molar-refractivity contribution in [2.75, 3.05) is 13.1 Å². The van der Waals surface area contributed by atoms with E-state index >= 15 is 0 Å². The first-order valence-corrected chi connectivity index (χ1v) is 8.66. The summed E-state index contributed by atoms with van der Waals surface area (Å²) in [6, 6.07) is 12.1. The predicted molar refractivity (Wildman–Crippen MR) is 95.8 cm³/mol. The van der Waals surface area contributed by atoms with Crippen LogP contribution in [0.25, 0.3) is 10.8 Å². The lowest BCUT2D eigenvalue weighted by Gasteiger charge is -2.33. The highest BCUT2D eigenvalue weighted by Crippen LogP contribution is 2.24. The van der Waals surface area contributed by atoms with Crippen molar-refractivity contribution in [3.05, 3.63) is 60.7 Å². The van der Waals surface area contributed by atoms with Gasteiger partial charge in [0, 0.05) is 32.0 Å². The lowest BCUT2D eigenvalue weighted by molar-refractivity contribution is 0.156. The maximum absolute atomic E-state index is 9.58. The summed E-state index contributed by atoms with van der Waals surface area (Å²) in [6.45, 7) is 4.38. The lowest BCUT2D eigenvalue weighted by Crippen LogP contribution is -2.36. The van der Waals surface area contributed by atoms with E-state index < -0.39 is 0 Å². The summed E-state index contributed by atoms with van der Waals surface area (Å²) in [4.78, 5) is 6.70. The summed E-state index contributed by atoms with van der Waals surface area (Å²) >= 11 is 0. The fraction of sp³-hybridized carbons (Fsp3) is 0.350. The van der Waals surface area contributed by atoms with Crippen molar-refractivity contribution in [3.63, 3.8) is 0 Å². The number of hydrogen-bond acceptors (Lipinski definition) is 3. The number of fused-ring (bicyclic) bond motifs is 1. The molecule has 0 radical (unpaired) electrons. The van der Waals surface area contributed by atoms with Crippen molar-refractivity contribution in [2.24, 2.45) is 5.92 Å². The van der Waals surface area contributed by atoms with Gasteiger partial charge in [0.2, 0.25) is 0 Å². The highest BCUT2D eigenvalue weighted by Gasteiger charge is 2.20. The molecule has 2 aromatic carbocycles. The minimum Gasteiger partial charge on any atom is -0.508 e. The summed E-state index contributed by atoms with van der Waals surface area (Å²) in [5.41, 5.74) is 1.34. The molecule has 1 aliphatic rings. The van der Waals surface area contributed by atoms with E-state index in [0.717, 1.165) is 25.0 Å². The van der Waals surface area contributed by atoms with Crippen molar-refractivity contribution in [1.29, 1.82) is 0 Å². The van der Waals surface area contributed by atoms with E-state index in [-0.39, 0.29) is 0 Å². The Morgan fingerprint density at radius 2 is 2.00 bits per heavy atom. The molecule has 1 saturated heterocycles. The zero-order valence-electron chi connectivity index (χ0n) is 13.8. The molecular weight excluding hydrogens is 298 g/mol. The molecular formula is C20H23N3O. The molecule has 4 rings (SSSR count). The number of rotatable bonds is 4. The van der Waals surface area contributed by atoms with Crippen LogP contribution < -0.4 is 0 Å². The molecule has 124 valence electrons. The second kappa shape index (κ2) is 6.65. The summed E-state index contributed by atoms with van der Waals surface area (Å²) in [6.07, 6.45) is 8.38. The second-order valence-corrected chi connectivity index (χ2v) is 6.87. The number of likely N-dealkylation sites (tertiary alicyclic amines) is 1. The first kappa shape index (κ1) is 15.2. The van der Waals surface area contributed by atoms with Gasteiger partial charge in [0.15, 0.2) is 0 Å². The number of imidazole rings is 1. The van der Waals surface area contributed by atoms with Gasteiger partial charge in [0.25, 0.3) is 0 Å². The molecule has 3 aromatic rings. The van der Waals surface area contributed by atoms with Gasteiger partial charge in [-0.1, -0.05) is 18.2 Å². The van der Waals surface area contributed by atoms with E-state index in [9.17, 15) is 5.11 Å². The number of phenols is 1. The van der Waals surface area contributed by atoms with Gasteiger partial charge in [-0.25, -0.2) is 4.98 Å². The number of piperidine rings is 1. The topological polar surface area (TPSA) is 41.3 Å². The van der Waals surface area contributed by atoms with Gasteiger partial charge in [-0.2, -0.15) is 0 Å². The summed E-state index contributed by atoms with van der Waals surface area (Å²) in [5, 5.41) is 11.9. The van der Waals surface area contributed by atoms with E-state index in [1.807, 2.05) is 24.7 Å². The quantitative estimate of drug-likeness (QED) is 0.797. The minimum atomic E-state index is 0.327. The van der Waals surface area contributed by atoms with Crippen molar-refractivity contribution >= 4 is 10.8 Å². The molecule has 1 N–H and O–H groups in total. The number of aromatic hydroxyl groups is 1. The molecule has 4 heteroatoms. The van der Waals surface area contributed by atoms with Crippen LogP contribution in [0.1, 0.15) is 18.4 Å². The van der Waals surface area contributed by atoms with Crippen LogP contribution >= 0.6 is 0 Å². The number of nitrogens with zero attached hydrogens (tertiary/aromatic N) is 3. The number of benzene rings is 2. The van der Waals surface area contributed by atoms with Crippen LogP contribution in [-0.2, 0) is 13.1 Å². The summed E-state index contributed by atoms with van der Waals surface area (Å²) < 4.78 is 2.19. The molecule has 4 nitrogen and oxygen atoms in total. The minimum absolute atomic E-state index is 0.327. The molecule has 1 fully saturated rings. The fourth-order valence-electron chi connectivity index (χ4n) is 3.78. The van der Waals surface area contributed by atoms with Crippen molar-refractivity contribution in [2.45, 2.75) is 25.9 Å². The Morgan fingerprint density at radius 1 is 1.12 bits per heavy atom. The fourth-order valence-corrected chi connectivity index (χ4v) is 3.78. The average molecular weight is 321 g/mol. The predicted octanol–water partition coefficient (Wildman–Crippen LogP) is 3.65. The van der Waals surface area contributed by atoms with E-state index in [1.165, 1.54) is 30.3 Å². The SMILES string of the molecule is Oc1ccc2cc(CN3CCC[C@@H](Cn4ccnc4)C3)ccc2c1. The normalized spacial score (nSPS) is 18.9. The Balaban J connectivity index is 1.43. The Kier molecular flexibility index (Phi) is 4.22. The molecule has 1 aliphatic heterocycles. The van der Waals surface area contributed by atoms with Gasteiger partial charge >= 0.3 is 0 Å². The highest BCUT2D eigenvalue weighted by molar-refractivity contribution is 5.84. The third-order valence-corrected chi connectivity index (χ3v) is 4.93. The Hall–Kier alpha value is -2.33. The van der Waals surface area contributed by atoms with Crippen LogP contribution in [0.5, 0.6) is 5.75 Å². The van der Waals surface area contributed by atoms with Crippen LogP contribution in [-0.4, -0.2) is 32.6 Å². The number of hydrogen-bond donors (Lipinski definition) is 1. The Morgan fingerprint density at radius 3 is 2.88 bits per heavy atom. The first-order chi connectivity index (χ1) is 11.8. The van der Waals surface area contributed by atoms with Gasteiger partial charge in [0.05, 0.1) is 6.33 Å². The molecule has 24 heavy (non-hydrogen) atoms. The van der Waals surface area contributed by atoms with Crippen LogP contribution in [0.2, 0.25) is 0 Å². The standard InChI is InChI=1S/C20H23N3O/c24-20-6-5-18-10-16(3-4-19(18)11-20)12-22-8-1-2-17(13-22)14-23-9-7-21-15-23/h3-7,9-11,15,17,24H,1-2,8,12-14H2/t17-/m1/s1. The highest BCUT2D eigenvalue weighted by atomic mass is 16.3. The molecule has 0 bridgehead atoms. The zero-order valence-corrected chi connectivity index (χ0v) is 13.8. The number of aromatic nitrogens is 2. The van der Waals surface area contributed by atoms with Crippen LogP contribution in [0.15, 0.2) is 55.1 Å². The van der Waals surface area contributed by atoms with Gasteiger partial charge in [-0.05, 0) is 59.8 Å². The maximum atomic E-state index is 9.58. The van der Waals surface area contributed by atoms with Crippen LogP contribution in [0, 0.1) is 5.92 Å². The average Bonchev–Trinajstić information content (AvgIpc) is 3.08. The first-order valence-electron chi connectivity index (χ1n) is 8.66. The second-order valence-electron chi connectivity index (χ2n) is 6.87. The van der Waals surface area contributed by atoms with Gasteiger partial charge in [-0.3, -0.25) is 4.90 Å². The smallest absolute Gasteiger partial charge is 0.116 e. The molecule has 0 saturated carbocycles. The third-order valence-electron chi connectivity index (χ3n) is 4.93. The van der Waals surface area contributed by atoms with Gasteiger partial charge in [0.1, 0.15) is 5.75 Å². The van der Waals surface area contributed by atoms with E-state index in [0.29, 0.717) is 11.7 Å². The van der Waals surface area contributed by atoms with E-state index in [1.54, 1.807) is 6.07 Å². The van der Waals surface area contributed by atoms with Gasteiger partial charge in [-0.15, -0.1) is 0 Å².